The van der Waals surface area contributed by atoms with Crippen LogP contribution in [0.1, 0.15) is 58.2 Å². The SMILES string of the molecule is CC(C)(O[Si](C)(C)C)c1ccc(C(C)(C)O[Si](C)(C)C)c(C(C)(C)O[Si](C)(C)C)c1. The van der Waals surface area contributed by atoms with Gasteiger partial charge in [-0.25, -0.2) is 0 Å². The molecule has 6 heteroatoms. The van der Waals surface area contributed by atoms with E-state index in [1.807, 2.05) is 0 Å². The Labute approximate surface area is 190 Å². The molecule has 0 unspecified atom stereocenters. The van der Waals surface area contributed by atoms with Gasteiger partial charge in [-0.15, -0.1) is 0 Å². The zero-order valence-corrected chi connectivity index (χ0v) is 25.5. The highest BCUT2D eigenvalue weighted by molar-refractivity contribution is 6.70. The van der Waals surface area contributed by atoms with E-state index in [4.69, 9.17) is 13.3 Å². The third kappa shape index (κ3) is 8.36. The van der Waals surface area contributed by atoms with E-state index in [1.165, 1.54) is 16.7 Å². The molecule has 0 fully saturated rings. The molecule has 1 aromatic rings. The van der Waals surface area contributed by atoms with Crippen LogP contribution < -0.4 is 0 Å². The summed E-state index contributed by atoms with van der Waals surface area (Å²) < 4.78 is 19.9. The Hall–Kier alpha value is -0.249. The second-order valence-corrected chi connectivity index (χ2v) is 26.2. The van der Waals surface area contributed by atoms with Crippen LogP contribution in [0.15, 0.2) is 18.2 Å². The van der Waals surface area contributed by atoms with Crippen LogP contribution in [0.5, 0.6) is 0 Å². The quantitative estimate of drug-likeness (QED) is 0.344. The number of rotatable bonds is 9. The van der Waals surface area contributed by atoms with Crippen molar-refractivity contribution in [3.05, 3.63) is 34.9 Å². The number of hydrogen-bond acceptors (Lipinski definition) is 3. The summed E-state index contributed by atoms with van der Waals surface area (Å²) in [6.45, 7) is 33.4. The summed E-state index contributed by atoms with van der Waals surface area (Å²) in [5.41, 5.74) is 2.46. The lowest BCUT2D eigenvalue weighted by Crippen LogP contribution is -2.42. The van der Waals surface area contributed by atoms with Crippen molar-refractivity contribution in [1.29, 1.82) is 0 Å². The van der Waals surface area contributed by atoms with Crippen molar-refractivity contribution < 1.29 is 13.3 Å². The summed E-state index contributed by atoms with van der Waals surface area (Å²) in [6.07, 6.45) is 0. The average Bonchev–Trinajstić information content (AvgIpc) is 2.38. The first-order valence-corrected chi connectivity index (χ1v) is 21.4. The van der Waals surface area contributed by atoms with Crippen LogP contribution in [0.2, 0.25) is 58.9 Å². The molecule has 0 aliphatic heterocycles. The first-order chi connectivity index (χ1) is 13.0. The van der Waals surface area contributed by atoms with Gasteiger partial charge in [0, 0.05) is 0 Å². The fourth-order valence-electron chi connectivity index (χ4n) is 4.41. The highest BCUT2D eigenvalue weighted by Crippen LogP contribution is 2.41. The first kappa shape index (κ1) is 27.8. The van der Waals surface area contributed by atoms with E-state index < -0.39 is 30.6 Å². The second kappa shape index (κ2) is 8.60. The lowest BCUT2D eigenvalue weighted by molar-refractivity contribution is 0.0717. The topological polar surface area (TPSA) is 27.7 Å². The van der Waals surface area contributed by atoms with Crippen molar-refractivity contribution in [2.75, 3.05) is 0 Å². The molecule has 0 heterocycles. The summed E-state index contributed by atoms with van der Waals surface area (Å²) in [7, 11) is -5.20. The molecule has 0 radical (unpaired) electrons. The third-order valence-corrected chi connectivity index (χ3v) is 8.06. The molecule has 0 aromatic heterocycles. The molecule has 0 N–H and O–H groups in total. The van der Waals surface area contributed by atoms with E-state index in [0.29, 0.717) is 0 Å². The Morgan fingerprint density at radius 3 is 1.20 bits per heavy atom. The van der Waals surface area contributed by atoms with Crippen molar-refractivity contribution in [3.63, 3.8) is 0 Å². The highest BCUT2D eigenvalue weighted by atomic mass is 28.4. The van der Waals surface area contributed by atoms with Gasteiger partial charge in [0.15, 0.2) is 25.0 Å². The zero-order valence-electron chi connectivity index (χ0n) is 22.5. The Morgan fingerprint density at radius 1 is 0.500 bits per heavy atom. The van der Waals surface area contributed by atoms with Gasteiger partial charge in [-0.3, -0.25) is 0 Å². The van der Waals surface area contributed by atoms with Crippen LogP contribution in [-0.4, -0.2) is 25.0 Å². The average molecular weight is 469 g/mol. The van der Waals surface area contributed by atoms with Crippen molar-refractivity contribution in [1.82, 2.24) is 0 Å². The Kier molecular flexibility index (Phi) is 7.96. The molecule has 174 valence electrons. The molecular weight excluding hydrogens is 421 g/mol. The van der Waals surface area contributed by atoms with Gasteiger partial charge in [-0.05, 0) is 123 Å². The molecule has 0 aliphatic carbocycles. The maximum absolute atomic E-state index is 6.71. The van der Waals surface area contributed by atoms with Crippen LogP contribution in [0.4, 0.5) is 0 Å². The molecule has 0 atom stereocenters. The minimum Gasteiger partial charge on any atom is -0.409 e. The fraction of sp³-hybridized carbons (Fsp3) is 0.750. The molecule has 30 heavy (non-hydrogen) atoms. The Bertz CT molecular complexity index is 734. The van der Waals surface area contributed by atoms with E-state index in [-0.39, 0.29) is 11.2 Å². The minimum atomic E-state index is -1.76. The van der Waals surface area contributed by atoms with Crippen LogP contribution in [0.25, 0.3) is 0 Å². The molecule has 3 nitrogen and oxygen atoms in total. The minimum absolute atomic E-state index is 0.350. The molecule has 1 rings (SSSR count). The smallest absolute Gasteiger partial charge is 0.184 e. The van der Waals surface area contributed by atoms with Crippen LogP contribution in [0.3, 0.4) is 0 Å². The zero-order chi connectivity index (χ0) is 24.0. The van der Waals surface area contributed by atoms with Gasteiger partial charge < -0.3 is 13.3 Å². The molecular formula is C24H48O3Si3. The molecule has 0 aliphatic rings. The van der Waals surface area contributed by atoms with Crippen LogP contribution in [0, 0.1) is 0 Å². The summed E-state index contributed by atoms with van der Waals surface area (Å²) in [5, 5.41) is 0. The highest BCUT2D eigenvalue weighted by Gasteiger charge is 2.38. The monoisotopic (exact) mass is 468 g/mol. The Morgan fingerprint density at radius 2 is 0.833 bits per heavy atom. The molecule has 1 aromatic carbocycles. The van der Waals surface area contributed by atoms with Crippen molar-refractivity contribution in [2.45, 2.75) is 117 Å². The van der Waals surface area contributed by atoms with Crippen molar-refractivity contribution in [2.24, 2.45) is 0 Å². The number of benzene rings is 1. The molecule has 0 saturated carbocycles. The first-order valence-electron chi connectivity index (χ1n) is 11.2. The summed E-state index contributed by atoms with van der Waals surface area (Å²) in [4.78, 5) is 0. The summed E-state index contributed by atoms with van der Waals surface area (Å²) in [5.74, 6) is 0. The maximum Gasteiger partial charge on any atom is 0.184 e. The van der Waals surface area contributed by atoms with Gasteiger partial charge in [0.05, 0.1) is 16.8 Å². The van der Waals surface area contributed by atoms with Crippen LogP contribution >= 0.6 is 0 Å². The van der Waals surface area contributed by atoms with E-state index in [0.717, 1.165) is 0 Å². The van der Waals surface area contributed by atoms with E-state index in [2.05, 4.69) is 119 Å². The standard InChI is InChI=1S/C24H48O3Si3/c1-22(2,25-28(7,8)9)19-16-17-20(23(3,4)26-29(10,11)12)21(18-19)24(5,6)27-30(13,14)15/h16-18H,1-15H3. The summed E-state index contributed by atoms with van der Waals surface area (Å²) >= 11 is 0. The van der Waals surface area contributed by atoms with Gasteiger partial charge in [0.25, 0.3) is 0 Å². The Balaban J connectivity index is 3.68. The maximum atomic E-state index is 6.71. The number of hydrogen-bond donors (Lipinski definition) is 0. The van der Waals surface area contributed by atoms with Gasteiger partial charge >= 0.3 is 0 Å². The second-order valence-electron chi connectivity index (χ2n) is 12.9. The molecule has 0 amide bonds. The van der Waals surface area contributed by atoms with E-state index in [9.17, 15) is 0 Å². The lowest BCUT2D eigenvalue weighted by atomic mass is 9.82. The predicted molar refractivity (Wildman–Crippen MR) is 139 cm³/mol. The van der Waals surface area contributed by atoms with Gasteiger partial charge in [0.2, 0.25) is 0 Å². The van der Waals surface area contributed by atoms with Crippen molar-refractivity contribution >= 4 is 25.0 Å². The van der Waals surface area contributed by atoms with E-state index >= 15 is 0 Å². The van der Waals surface area contributed by atoms with Crippen LogP contribution in [-0.2, 0) is 30.1 Å². The third-order valence-electron chi connectivity index (χ3n) is 4.70. The molecule has 0 saturated heterocycles. The predicted octanol–water partition coefficient (Wildman–Crippen LogP) is 7.95. The fourth-order valence-corrected chi connectivity index (χ4v) is 9.34. The van der Waals surface area contributed by atoms with Gasteiger partial charge in [-0.2, -0.15) is 0 Å². The lowest BCUT2D eigenvalue weighted by Gasteiger charge is -2.41. The van der Waals surface area contributed by atoms with Crippen molar-refractivity contribution in [3.8, 4) is 0 Å². The van der Waals surface area contributed by atoms with Gasteiger partial charge in [0.1, 0.15) is 0 Å². The largest absolute Gasteiger partial charge is 0.409 e. The molecule has 0 spiro atoms. The van der Waals surface area contributed by atoms with Gasteiger partial charge in [-0.1, -0.05) is 12.1 Å². The van der Waals surface area contributed by atoms with E-state index in [1.54, 1.807) is 0 Å². The summed E-state index contributed by atoms with van der Waals surface area (Å²) in [6, 6.07) is 6.78. The normalized spacial score (nSPS) is 14.9. The molecule has 0 bridgehead atoms.